The summed E-state index contributed by atoms with van der Waals surface area (Å²) in [5.41, 5.74) is 2.72. The molecule has 0 spiro atoms. The molecule has 0 atom stereocenters. The number of hydrogen-bond acceptors (Lipinski definition) is 4. The van der Waals surface area contributed by atoms with Crippen molar-refractivity contribution in [1.29, 1.82) is 0 Å². The lowest BCUT2D eigenvalue weighted by atomic mass is 10.1. The van der Waals surface area contributed by atoms with Gasteiger partial charge in [-0.3, -0.25) is 4.79 Å². The van der Waals surface area contributed by atoms with Gasteiger partial charge in [0, 0.05) is 5.69 Å². The van der Waals surface area contributed by atoms with Crippen molar-refractivity contribution < 1.29 is 19.0 Å². The lowest BCUT2D eigenvalue weighted by Gasteiger charge is -2.18. The zero-order valence-electron chi connectivity index (χ0n) is 15.4. The summed E-state index contributed by atoms with van der Waals surface area (Å²) in [6, 6.07) is 22.9. The van der Waals surface area contributed by atoms with Crippen LogP contribution < -0.4 is 19.5 Å². The molecule has 0 fully saturated rings. The fourth-order valence-corrected chi connectivity index (χ4v) is 2.96. The van der Waals surface area contributed by atoms with Gasteiger partial charge in [0.05, 0.1) is 6.42 Å². The quantitative estimate of drug-likeness (QED) is 0.701. The second-order valence-electron chi connectivity index (χ2n) is 6.50. The number of anilines is 1. The van der Waals surface area contributed by atoms with Gasteiger partial charge in [0.2, 0.25) is 5.91 Å². The lowest BCUT2D eigenvalue weighted by molar-refractivity contribution is -0.115. The number of fused-ring (bicyclic) bond motifs is 1. The van der Waals surface area contributed by atoms with Crippen molar-refractivity contribution in [3.8, 4) is 17.2 Å². The zero-order valence-corrected chi connectivity index (χ0v) is 15.4. The Labute approximate surface area is 163 Å². The van der Waals surface area contributed by atoms with Crippen LogP contribution in [0.4, 0.5) is 5.69 Å². The Balaban J connectivity index is 1.30. The Kier molecular flexibility index (Phi) is 5.43. The predicted molar refractivity (Wildman–Crippen MR) is 107 cm³/mol. The molecule has 1 amide bonds. The van der Waals surface area contributed by atoms with Crippen molar-refractivity contribution in [2.45, 2.75) is 13.0 Å². The monoisotopic (exact) mass is 375 g/mol. The Hall–Kier alpha value is -3.47. The number of carbonyl (C=O) groups is 1. The number of hydrogen-bond donors (Lipinski definition) is 1. The molecule has 5 nitrogen and oxygen atoms in total. The molecule has 1 aliphatic rings. The van der Waals surface area contributed by atoms with Gasteiger partial charge in [-0.25, -0.2) is 0 Å². The second-order valence-corrected chi connectivity index (χ2v) is 6.50. The summed E-state index contributed by atoms with van der Waals surface area (Å²) in [7, 11) is 0. The van der Waals surface area contributed by atoms with E-state index in [-0.39, 0.29) is 12.3 Å². The van der Waals surface area contributed by atoms with E-state index in [9.17, 15) is 4.79 Å². The Morgan fingerprint density at radius 3 is 2.39 bits per heavy atom. The minimum absolute atomic E-state index is 0.0883. The minimum Gasteiger partial charge on any atom is -0.489 e. The molecular formula is C23H21NO4. The van der Waals surface area contributed by atoms with Gasteiger partial charge in [-0.05, 0) is 47.5 Å². The van der Waals surface area contributed by atoms with Crippen LogP contribution in [0.5, 0.6) is 17.2 Å². The van der Waals surface area contributed by atoms with E-state index in [1.165, 1.54) is 0 Å². The molecule has 0 saturated heterocycles. The van der Waals surface area contributed by atoms with Gasteiger partial charge in [0.1, 0.15) is 25.6 Å². The molecule has 3 aromatic carbocycles. The second kappa shape index (κ2) is 8.48. The highest BCUT2D eigenvalue weighted by Gasteiger charge is 2.13. The van der Waals surface area contributed by atoms with Crippen LogP contribution in [-0.2, 0) is 17.8 Å². The van der Waals surface area contributed by atoms with Crippen molar-refractivity contribution in [2.75, 3.05) is 18.5 Å². The Bertz CT molecular complexity index is 939. The Morgan fingerprint density at radius 2 is 1.61 bits per heavy atom. The number of amides is 1. The fourth-order valence-electron chi connectivity index (χ4n) is 2.96. The van der Waals surface area contributed by atoms with E-state index in [4.69, 9.17) is 14.2 Å². The van der Waals surface area contributed by atoms with Gasteiger partial charge >= 0.3 is 0 Å². The highest BCUT2D eigenvalue weighted by Crippen LogP contribution is 2.31. The van der Waals surface area contributed by atoms with Crippen LogP contribution in [0.3, 0.4) is 0 Å². The van der Waals surface area contributed by atoms with E-state index in [1.807, 2.05) is 72.8 Å². The molecule has 142 valence electrons. The highest BCUT2D eigenvalue weighted by molar-refractivity contribution is 5.92. The molecule has 28 heavy (non-hydrogen) atoms. The summed E-state index contributed by atoms with van der Waals surface area (Å²) < 4.78 is 16.8. The molecule has 0 radical (unpaired) electrons. The molecule has 5 heteroatoms. The Morgan fingerprint density at radius 1 is 0.857 bits per heavy atom. The lowest BCUT2D eigenvalue weighted by Crippen LogP contribution is -2.17. The van der Waals surface area contributed by atoms with Crippen LogP contribution >= 0.6 is 0 Å². The normalized spacial score (nSPS) is 12.3. The first-order valence-corrected chi connectivity index (χ1v) is 9.21. The third kappa shape index (κ3) is 4.62. The van der Waals surface area contributed by atoms with Gasteiger partial charge in [0.15, 0.2) is 11.5 Å². The number of ether oxygens (including phenoxy) is 3. The summed E-state index contributed by atoms with van der Waals surface area (Å²) in [6.07, 6.45) is 0.267. The standard InChI is InChI=1S/C23H21NO4/c25-23(15-18-6-11-21-22(14-18)27-13-12-26-21)24-19-7-9-20(10-8-19)28-16-17-4-2-1-3-5-17/h1-11,14H,12-13,15-16H2,(H,24,25). The maximum atomic E-state index is 12.3. The van der Waals surface area contributed by atoms with Crippen LogP contribution in [0.25, 0.3) is 0 Å². The summed E-state index contributed by atoms with van der Waals surface area (Å²) in [5, 5.41) is 2.90. The molecule has 0 bridgehead atoms. The molecule has 3 aromatic rings. The first-order chi connectivity index (χ1) is 13.8. The predicted octanol–water partition coefficient (Wildman–Crippen LogP) is 4.22. The SMILES string of the molecule is O=C(Cc1ccc2c(c1)OCCO2)Nc1ccc(OCc2ccccc2)cc1. The third-order valence-corrected chi connectivity index (χ3v) is 4.36. The van der Waals surface area contributed by atoms with Crippen molar-refractivity contribution >= 4 is 11.6 Å². The maximum absolute atomic E-state index is 12.3. The summed E-state index contributed by atoms with van der Waals surface area (Å²) in [4.78, 5) is 12.3. The number of carbonyl (C=O) groups excluding carboxylic acids is 1. The topological polar surface area (TPSA) is 56.8 Å². The molecule has 1 aliphatic heterocycles. The molecule has 0 saturated carbocycles. The molecule has 0 aromatic heterocycles. The van der Waals surface area contributed by atoms with Crippen molar-refractivity contribution in [3.63, 3.8) is 0 Å². The minimum atomic E-state index is -0.0883. The molecule has 0 unspecified atom stereocenters. The van der Waals surface area contributed by atoms with E-state index in [0.29, 0.717) is 25.6 Å². The summed E-state index contributed by atoms with van der Waals surface area (Å²) in [5.74, 6) is 2.08. The van der Waals surface area contributed by atoms with Gasteiger partial charge in [-0.15, -0.1) is 0 Å². The van der Waals surface area contributed by atoms with Crippen LogP contribution in [-0.4, -0.2) is 19.1 Å². The summed E-state index contributed by atoms with van der Waals surface area (Å²) in [6.45, 7) is 1.59. The van der Waals surface area contributed by atoms with E-state index in [2.05, 4.69) is 5.32 Å². The molecule has 0 aliphatic carbocycles. The average Bonchev–Trinajstić information content (AvgIpc) is 2.74. The van der Waals surface area contributed by atoms with Crippen LogP contribution in [0.15, 0.2) is 72.8 Å². The van der Waals surface area contributed by atoms with Crippen LogP contribution in [0.1, 0.15) is 11.1 Å². The van der Waals surface area contributed by atoms with Gasteiger partial charge in [-0.2, -0.15) is 0 Å². The van der Waals surface area contributed by atoms with E-state index in [1.54, 1.807) is 0 Å². The van der Waals surface area contributed by atoms with E-state index < -0.39 is 0 Å². The maximum Gasteiger partial charge on any atom is 0.228 e. The third-order valence-electron chi connectivity index (χ3n) is 4.36. The van der Waals surface area contributed by atoms with Gasteiger partial charge in [0.25, 0.3) is 0 Å². The van der Waals surface area contributed by atoms with Crippen LogP contribution in [0, 0.1) is 0 Å². The smallest absolute Gasteiger partial charge is 0.228 e. The first-order valence-electron chi connectivity index (χ1n) is 9.21. The van der Waals surface area contributed by atoms with Gasteiger partial charge < -0.3 is 19.5 Å². The van der Waals surface area contributed by atoms with Crippen LogP contribution in [0.2, 0.25) is 0 Å². The van der Waals surface area contributed by atoms with Gasteiger partial charge in [-0.1, -0.05) is 36.4 Å². The number of nitrogens with one attached hydrogen (secondary N) is 1. The number of benzene rings is 3. The first kappa shape index (κ1) is 17.9. The highest BCUT2D eigenvalue weighted by atomic mass is 16.6. The summed E-state index contributed by atoms with van der Waals surface area (Å²) >= 11 is 0. The van der Waals surface area contributed by atoms with E-state index >= 15 is 0 Å². The zero-order chi connectivity index (χ0) is 19.2. The molecule has 1 heterocycles. The molecular weight excluding hydrogens is 354 g/mol. The molecule has 4 rings (SSSR count). The van der Waals surface area contributed by atoms with Crippen molar-refractivity contribution in [3.05, 3.63) is 83.9 Å². The molecule has 1 N–H and O–H groups in total. The van der Waals surface area contributed by atoms with Crippen molar-refractivity contribution in [1.82, 2.24) is 0 Å². The average molecular weight is 375 g/mol. The number of rotatable bonds is 6. The van der Waals surface area contributed by atoms with E-state index in [0.717, 1.165) is 28.3 Å². The fraction of sp³-hybridized carbons (Fsp3) is 0.174. The van der Waals surface area contributed by atoms with Crippen molar-refractivity contribution in [2.24, 2.45) is 0 Å². The largest absolute Gasteiger partial charge is 0.489 e.